The Kier molecular flexibility index (Phi) is 6.16. The van der Waals surface area contributed by atoms with Gasteiger partial charge in [-0.3, -0.25) is 4.79 Å². The minimum atomic E-state index is -0.611. The average Bonchev–Trinajstić information content (AvgIpc) is 2.79. The molecule has 5 nitrogen and oxygen atoms in total. The molecule has 31 heavy (non-hydrogen) atoms. The first-order chi connectivity index (χ1) is 15.0. The molecule has 1 heterocycles. The first-order valence-corrected chi connectivity index (χ1v) is 10.1. The smallest absolute Gasteiger partial charge is 0.339 e. The third-order valence-corrected chi connectivity index (χ3v) is 5.28. The van der Waals surface area contributed by atoms with E-state index in [1.807, 2.05) is 48.5 Å². The molecule has 0 aliphatic heterocycles. The van der Waals surface area contributed by atoms with Crippen molar-refractivity contribution in [2.24, 2.45) is 0 Å². The molecule has 3 aromatic carbocycles. The number of hydrogen-bond acceptors (Lipinski definition) is 4. The third-order valence-electron chi connectivity index (χ3n) is 4.54. The van der Waals surface area contributed by atoms with E-state index < -0.39 is 18.5 Å². The fourth-order valence-corrected chi connectivity index (χ4v) is 3.38. The van der Waals surface area contributed by atoms with Gasteiger partial charge in [-0.1, -0.05) is 71.7 Å². The van der Waals surface area contributed by atoms with Crippen LogP contribution in [-0.4, -0.2) is 23.5 Å². The van der Waals surface area contributed by atoms with Crippen molar-refractivity contribution in [3.63, 3.8) is 0 Å². The first kappa shape index (κ1) is 20.8. The first-order valence-electron chi connectivity index (χ1n) is 9.38. The highest BCUT2D eigenvalue weighted by atomic mass is 35.5. The summed E-state index contributed by atoms with van der Waals surface area (Å²) in [6.07, 6.45) is 0. The monoisotopic (exact) mass is 450 g/mol. The standard InChI is InChI=1S/C24H16Cl2N2O3/c25-19-11-10-16(12-20(19)26)27-23(29)14-31-24(30)18-13-22(15-6-2-1-3-7-15)28-21-9-5-4-8-17(18)21/h1-13H,14H2,(H,27,29). The van der Waals surface area contributed by atoms with Gasteiger partial charge in [-0.2, -0.15) is 0 Å². The minimum Gasteiger partial charge on any atom is -0.452 e. The Morgan fingerprint density at radius 1 is 0.871 bits per heavy atom. The van der Waals surface area contributed by atoms with Crippen LogP contribution in [0.4, 0.5) is 5.69 Å². The maximum absolute atomic E-state index is 12.8. The van der Waals surface area contributed by atoms with E-state index in [1.54, 1.807) is 24.3 Å². The predicted octanol–water partition coefficient (Wildman–Crippen LogP) is 6.00. The van der Waals surface area contributed by atoms with Crippen molar-refractivity contribution >= 4 is 51.7 Å². The number of esters is 1. The Labute approximate surface area is 188 Å². The van der Waals surface area contributed by atoms with Crippen LogP contribution in [0, 0.1) is 0 Å². The van der Waals surface area contributed by atoms with Crippen molar-refractivity contribution in [1.82, 2.24) is 4.98 Å². The summed E-state index contributed by atoms with van der Waals surface area (Å²) >= 11 is 11.8. The lowest BCUT2D eigenvalue weighted by molar-refractivity contribution is -0.119. The zero-order valence-electron chi connectivity index (χ0n) is 16.1. The summed E-state index contributed by atoms with van der Waals surface area (Å²) in [6.45, 7) is -0.448. The van der Waals surface area contributed by atoms with Crippen molar-refractivity contribution in [3.8, 4) is 11.3 Å². The number of fused-ring (bicyclic) bond motifs is 1. The molecule has 4 aromatic rings. The van der Waals surface area contributed by atoms with Crippen LogP contribution in [0.25, 0.3) is 22.2 Å². The van der Waals surface area contributed by atoms with E-state index in [9.17, 15) is 9.59 Å². The third kappa shape index (κ3) is 4.85. The summed E-state index contributed by atoms with van der Waals surface area (Å²) in [6, 6.07) is 23.2. The number of amides is 1. The number of halogens is 2. The van der Waals surface area contributed by atoms with E-state index >= 15 is 0 Å². The van der Waals surface area contributed by atoms with Crippen LogP contribution in [-0.2, 0) is 9.53 Å². The molecule has 1 aromatic heterocycles. The van der Waals surface area contributed by atoms with Crippen LogP contribution in [0.1, 0.15) is 10.4 Å². The van der Waals surface area contributed by atoms with Crippen molar-refractivity contribution in [1.29, 1.82) is 0 Å². The van der Waals surface area contributed by atoms with Crippen molar-refractivity contribution in [3.05, 3.63) is 94.5 Å². The van der Waals surface area contributed by atoms with Gasteiger partial charge in [-0.15, -0.1) is 0 Å². The zero-order chi connectivity index (χ0) is 21.8. The van der Waals surface area contributed by atoms with E-state index in [0.29, 0.717) is 37.9 Å². The maximum atomic E-state index is 12.8. The number of pyridine rings is 1. The number of hydrogen-bond donors (Lipinski definition) is 1. The van der Waals surface area contributed by atoms with Gasteiger partial charge in [0.2, 0.25) is 0 Å². The molecule has 0 aliphatic rings. The van der Waals surface area contributed by atoms with Crippen LogP contribution in [0.2, 0.25) is 10.0 Å². The van der Waals surface area contributed by atoms with Gasteiger partial charge >= 0.3 is 5.97 Å². The van der Waals surface area contributed by atoms with Crippen LogP contribution in [0.3, 0.4) is 0 Å². The van der Waals surface area contributed by atoms with E-state index in [2.05, 4.69) is 10.3 Å². The van der Waals surface area contributed by atoms with Gasteiger partial charge in [0.1, 0.15) is 0 Å². The van der Waals surface area contributed by atoms with E-state index in [4.69, 9.17) is 27.9 Å². The lowest BCUT2D eigenvalue weighted by Gasteiger charge is -2.11. The lowest BCUT2D eigenvalue weighted by atomic mass is 10.0. The Bertz CT molecular complexity index is 1280. The average molecular weight is 451 g/mol. The normalized spacial score (nSPS) is 10.6. The van der Waals surface area contributed by atoms with Crippen LogP contribution >= 0.6 is 23.2 Å². The van der Waals surface area contributed by atoms with Gasteiger partial charge in [0.05, 0.1) is 26.8 Å². The Morgan fingerprint density at radius 3 is 2.39 bits per heavy atom. The van der Waals surface area contributed by atoms with Gasteiger partial charge in [-0.05, 0) is 30.3 Å². The molecule has 1 amide bonds. The largest absolute Gasteiger partial charge is 0.452 e. The molecule has 154 valence electrons. The molecule has 4 rings (SSSR count). The van der Waals surface area contributed by atoms with E-state index in [0.717, 1.165) is 5.56 Å². The minimum absolute atomic E-state index is 0.313. The SMILES string of the molecule is O=C(COC(=O)c1cc(-c2ccccc2)nc2ccccc12)Nc1ccc(Cl)c(Cl)c1. The molecule has 0 unspecified atom stereocenters. The summed E-state index contributed by atoms with van der Waals surface area (Å²) in [7, 11) is 0. The second-order valence-electron chi connectivity index (χ2n) is 6.69. The fourth-order valence-electron chi connectivity index (χ4n) is 3.08. The van der Waals surface area contributed by atoms with Gasteiger partial charge in [0.25, 0.3) is 5.91 Å². The molecular weight excluding hydrogens is 435 g/mol. The number of ether oxygens (including phenoxy) is 1. The number of carbonyl (C=O) groups is 2. The topological polar surface area (TPSA) is 68.3 Å². The summed E-state index contributed by atoms with van der Waals surface area (Å²) < 4.78 is 5.28. The molecular formula is C24H16Cl2N2O3. The van der Waals surface area contributed by atoms with Gasteiger partial charge < -0.3 is 10.1 Å². The summed E-state index contributed by atoms with van der Waals surface area (Å²) in [4.78, 5) is 29.7. The number of carbonyl (C=O) groups excluding carboxylic acids is 2. The number of anilines is 1. The predicted molar refractivity (Wildman–Crippen MR) is 123 cm³/mol. The van der Waals surface area contributed by atoms with Crippen molar-refractivity contribution in [2.75, 3.05) is 11.9 Å². The Hall–Kier alpha value is -3.41. The lowest BCUT2D eigenvalue weighted by Crippen LogP contribution is -2.21. The Balaban J connectivity index is 1.54. The number of aromatic nitrogens is 1. The summed E-state index contributed by atoms with van der Waals surface area (Å²) in [5.41, 5.74) is 2.98. The number of benzene rings is 3. The summed E-state index contributed by atoms with van der Waals surface area (Å²) in [5, 5.41) is 3.96. The molecule has 0 radical (unpaired) electrons. The molecule has 0 spiro atoms. The quantitative estimate of drug-likeness (QED) is 0.378. The number of para-hydroxylation sites is 1. The highest BCUT2D eigenvalue weighted by Gasteiger charge is 2.16. The van der Waals surface area contributed by atoms with Gasteiger partial charge in [0, 0.05) is 16.6 Å². The molecule has 0 bridgehead atoms. The molecule has 7 heteroatoms. The molecule has 0 fully saturated rings. The Morgan fingerprint density at radius 2 is 1.61 bits per heavy atom. The second kappa shape index (κ2) is 9.16. The molecule has 0 aliphatic carbocycles. The number of rotatable bonds is 5. The molecule has 0 atom stereocenters. The number of nitrogens with zero attached hydrogens (tertiary/aromatic N) is 1. The van der Waals surface area contributed by atoms with Crippen LogP contribution in [0.5, 0.6) is 0 Å². The fraction of sp³-hybridized carbons (Fsp3) is 0.0417. The molecule has 0 saturated heterocycles. The molecule has 0 saturated carbocycles. The maximum Gasteiger partial charge on any atom is 0.339 e. The van der Waals surface area contributed by atoms with Crippen LogP contribution in [0.15, 0.2) is 78.9 Å². The van der Waals surface area contributed by atoms with Gasteiger partial charge in [0.15, 0.2) is 6.61 Å². The van der Waals surface area contributed by atoms with Crippen LogP contribution < -0.4 is 5.32 Å². The summed E-state index contributed by atoms with van der Waals surface area (Å²) in [5.74, 6) is -1.10. The van der Waals surface area contributed by atoms with E-state index in [-0.39, 0.29) is 0 Å². The molecule has 1 N–H and O–H groups in total. The zero-order valence-corrected chi connectivity index (χ0v) is 17.7. The van der Waals surface area contributed by atoms with E-state index in [1.165, 1.54) is 6.07 Å². The van der Waals surface area contributed by atoms with Crippen molar-refractivity contribution in [2.45, 2.75) is 0 Å². The van der Waals surface area contributed by atoms with Crippen molar-refractivity contribution < 1.29 is 14.3 Å². The van der Waals surface area contributed by atoms with Gasteiger partial charge in [-0.25, -0.2) is 9.78 Å². The highest BCUT2D eigenvalue weighted by molar-refractivity contribution is 6.42. The number of nitrogens with one attached hydrogen (secondary N) is 1. The highest BCUT2D eigenvalue weighted by Crippen LogP contribution is 2.26. The second-order valence-corrected chi connectivity index (χ2v) is 7.51.